The molecule has 1 aromatic carbocycles. The van der Waals surface area contributed by atoms with E-state index in [0.29, 0.717) is 23.5 Å². The number of ether oxygens (including phenoxy) is 1. The molecule has 146 valence electrons. The molecule has 3 rings (SSSR count). The summed E-state index contributed by atoms with van der Waals surface area (Å²) in [5.74, 6) is -0.869. The smallest absolute Gasteiger partial charge is 0.269 e. The van der Waals surface area contributed by atoms with Crippen LogP contribution in [0.1, 0.15) is 40.6 Å². The Labute approximate surface area is 162 Å². The highest BCUT2D eigenvalue weighted by atomic mass is 16.5. The fourth-order valence-electron chi connectivity index (χ4n) is 2.84. The van der Waals surface area contributed by atoms with Gasteiger partial charge in [-0.1, -0.05) is 0 Å². The molecule has 1 fully saturated rings. The molecule has 28 heavy (non-hydrogen) atoms. The summed E-state index contributed by atoms with van der Waals surface area (Å²) in [6.45, 7) is 2.57. The lowest BCUT2D eigenvalue weighted by Gasteiger charge is -2.11. The predicted molar refractivity (Wildman–Crippen MR) is 104 cm³/mol. The van der Waals surface area contributed by atoms with Gasteiger partial charge in [0.1, 0.15) is 5.69 Å². The molecule has 8 heteroatoms. The summed E-state index contributed by atoms with van der Waals surface area (Å²) in [6, 6.07) is 9.73. The maximum absolute atomic E-state index is 12.5. The second-order valence-corrected chi connectivity index (χ2v) is 6.49. The number of nitrogens with one attached hydrogen (secondary N) is 3. The third-order valence-electron chi connectivity index (χ3n) is 4.23. The molecule has 0 spiro atoms. The molecule has 1 aliphatic rings. The van der Waals surface area contributed by atoms with E-state index in [1.165, 1.54) is 25.3 Å². The van der Waals surface area contributed by atoms with Crippen molar-refractivity contribution in [2.45, 2.75) is 25.9 Å². The molecule has 2 heterocycles. The molecule has 0 bridgehead atoms. The molecule has 1 atom stereocenters. The highest BCUT2D eigenvalue weighted by Crippen LogP contribution is 2.15. The van der Waals surface area contributed by atoms with E-state index in [4.69, 9.17) is 4.74 Å². The third kappa shape index (κ3) is 5.37. The van der Waals surface area contributed by atoms with E-state index >= 15 is 0 Å². The number of hydrogen-bond acceptors (Lipinski definition) is 5. The standard InChI is InChI=1S/C20H22N4O4/c1-13(25)23-15-4-6-16(7-5-15)24-19(26)14-8-9-21-18(11-14)20(27)22-12-17-3-2-10-28-17/h4-9,11,17H,2-3,10,12H2,1H3,(H,22,27)(H,23,25)(H,24,26). The van der Waals surface area contributed by atoms with E-state index in [1.54, 1.807) is 24.3 Å². The van der Waals surface area contributed by atoms with Crippen LogP contribution >= 0.6 is 0 Å². The van der Waals surface area contributed by atoms with Crippen molar-refractivity contribution in [1.82, 2.24) is 10.3 Å². The van der Waals surface area contributed by atoms with Crippen LogP contribution in [0.2, 0.25) is 0 Å². The first-order valence-corrected chi connectivity index (χ1v) is 9.06. The van der Waals surface area contributed by atoms with Gasteiger partial charge in [-0.3, -0.25) is 19.4 Å². The average Bonchev–Trinajstić information content (AvgIpc) is 3.21. The zero-order chi connectivity index (χ0) is 19.9. The molecule has 2 aromatic rings. The first-order valence-electron chi connectivity index (χ1n) is 9.06. The Morgan fingerprint density at radius 3 is 2.43 bits per heavy atom. The monoisotopic (exact) mass is 382 g/mol. The normalized spacial score (nSPS) is 15.7. The van der Waals surface area contributed by atoms with E-state index in [-0.39, 0.29) is 29.5 Å². The van der Waals surface area contributed by atoms with Crippen molar-refractivity contribution in [3.8, 4) is 0 Å². The Kier molecular flexibility index (Phi) is 6.33. The number of hydrogen-bond donors (Lipinski definition) is 3. The van der Waals surface area contributed by atoms with Gasteiger partial charge in [0.25, 0.3) is 11.8 Å². The minimum atomic E-state index is -0.358. The largest absolute Gasteiger partial charge is 0.376 e. The number of nitrogens with zero attached hydrogens (tertiary/aromatic N) is 1. The Hall–Kier alpha value is -3.26. The summed E-state index contributed by atoms with van der Waals surface area (Å²) < 4.78 is 5.47. The molecule has 1 saturated heterocycles. The topological polar surface area (TPSA) is 109 Å². The third-order valence-corrected chi connectivity index (χ3v) is 4.23. The summed E-state index contributed by atoms with van der Waals surface area (Å²) in [4.78, 5) is 39.8. The molecule has 3 amide bonds. The Morgan fingerprint density at radius 2 is 1.79 bits per heavy atom. The SMILES string of the molecule is CC(=O)Nc1ccc(NC(=O)c2ccnc(C(=O)NCC3CCCO3)c2)cc1. The minimum Gasteiger partial charge on any atom is -0.376 e. The summed E-state index contributed by atoms with van der Waals surface area (Å²) in [5, 5.41) is 8.19. The van der Waals surface area contributed by atoms with Crippen molar-refractivity contribution in [2.75, 3.05) is 23.8 Å². The molecular weight excluding hydrogens is 360 g/mol. The van der Waals surface area contributed by atoms with Gasteiger partial charge in [0.15, 0.2) is 0 Å². The van der Waals surface area contributed by atoms with Crippen LogP contribution in [0, 0.1) is 0 Å². The number of pyridine rings is 1. The van der Waals surface area contributed by atoms with Crippen molar-refractivity contribution >= 4 is 29.1 Å². The van der Waals surface area contributed by atoms with E-state index in [1.807, 2.05) is 0 Å². The minimum absolute atomic E-state index is 0.0379. The van der Waals surface area contributed by atoms with Gasteiger partial charge in [-0.15, -0.1) is 0 Å². The number of rotatable bonds is 6. The number of carbonyl (C=O) groups excluding carboxylic acids is 3. The Morgan fingerprint density at radius 1 is 1.07 bits per heavy atom. The fraction of sp³-hybridized carbons (Fsp3) is 0.300. The average molecular weight is 382 g/mol. The molecule has 8 nitrogen and oxygen atoms in total. The van der Waals surface area contributed by atoms with Gasteiger partial charge < -0.3 is 20.7 Å². The summed E-state index contributed by atoms with van der Waals surface area (Å²) in [6.07, 6.45) is 3.39. The quantitative estimate of drug-likeness (QED) is 0.710. The zero-order valence-corrected chi connectivity index (χ0v) is 15.5. The van der Waals surface area contributed by atoms with Crippen LogP contribution in [0.15, 0.2) is 42.6 Å². The number of benzene rings is 1. The second-order valence-electron chi connectivity index (χ2n) is 6.49. The molecule has 1 unspecified atom stereocenters. The Bertz CT molecular complexity index is 861. The maximum Gasteiger partial charge on any atom is 0.269 e. The van der Waals surface area contributed by atoms with Crippen molar-refractivity contribution in [2.24, 2.45) is 0 Å². The van der Waals surface area contributed by atoms with Crippen LogP contribution in [0.4, 0.5) is 11.4 Å². The Balaban J connectivity index is 1.59. The van der Waals surface area contributed by atoms with Crippen molar-refractivity contribution < 1.29 is 19.1 Å². The van der Waals surface area contributed by atoms with E-state index in [0.717, 1.165) is 19.4 Å². The van der Waals surface area contributed by atoms with Crippen LogP contribution in [0.5, 0.6) is 0 Å². The van der Waals surface area contributed by atoms with Gasteiger partial charge in [0, 0.05) is 43.2 Å². The van der Waals surface area contributed by atoms with Crippen LogP contribution in [-0.2, 0) is 9.53 Å². The second kappa shape index (κ2) is 9.09. The summed E-state index contributed by atoms with van der Waals surface area (Å²) in [7, 11) is 0. The van der Waals surface area contributed by atoms with Gasteiger partial charge in [-0.05, 0) is 49.2 Å². The molecule has 1 aliphatic heterocycles. The molecule has 0 radical (unpaired) electrons. The highest BCUT2D eigenvalue weighted by molar-refractivity contribution is 6.05. The van der Waals surface area contributed by atoms with Crippen molar-refractivity contribution in [3.63, 3.8) is 0 Å². The first kappa shape index (κ1) is 19.5. The summed E-state index contributed by atoms with van der Waals surface area (Å²) >= 11 is 0. The number of anilines is 2. The molecular formula is C20H22N4O4. The molecule has 0 saturated carbocycles. The van der Waals surface area contributed by atoms with Crippen LogP contribution in [-0.4, -0.2) is 42.0 Å². The molecule has 0 aliphatic carbocycles. The number of carbonyl (C=O) groups is 3. The van der Waals surface area contributed by atoms with Gasteiger partial charge in [0.2, 0.25) is 5.91 Å². The van der Waals surface area contributed by atoms with Crippen LogP contribution in [0.3, 0.4) is 0 Å². The molecule has 3 N–H and O–H groups in total. The predicted octanol–water partition coefficient (Wildman–Crippen LogP) is 2.20. The lowest BCUT2D eigenvalue weighted by atomic mass is 10.2. The van der Waals surface area contributed by atoms with E-state index in [9.17, 15) is 14.4 Å². The van der Waals surface area contributed by atoms with Gasteiger partial charge in [0.05, 0.1) is 6.10 Å². The lowest BCUT2D eigenvalue weighted by Crippen LogP contribution is -2.32. The number of aromatic nitrogens is 1. The van der Waals surface area contributed by atoms with Crippen LogP contribution in [0.25, 0.3) is 0 Å². The van der Waals surface area contributed by atoms with Gasteiger partial charge in [-0.2, -0.15) is 0 Å². The fourth-order valence-corrected chi connectivity index (χ4v) is 2.84. The maximum atomic E-state index is 12.5. The summed E-state index contributed by atoms with van der Waals surface area (Å²) in [5.41, 5.74) is 1.70. The number of amides is 3. The first-order chi connectivity index (χ1) is 13.5. The van der Waals surface area contributed by atoms with Crippen LogP contribution < -0.4 is 16.0 Å². The van der Waals surface area contributed by atoms with Gasteiger partial charge >= 0.3 is 0 Å². The van der Waals surface area contributed by atoms with Crippen molar-refractivity contribution in [1.29, 1.82) is 0 Å². The zero-order valence-electron chi connectivity index (χ0n) is 15.5. The van der Waals surface area contributed by atoms with E-state index < -0.39 is 0 Å². The molecule has 1 aromatic heterocycles. The van der Waals surface area contributed by atoms with Crippen molar-refractivity contribution in [3.05, 3.63) is 53.9 Å². The lowest BCUT2D eigenvalue weighted by molar-refractivity contribution is -0.114. The van der Waals surface area contributed by atoms with E-state index in [2.05, 4.69) is 20.9 Å². The van der Waals surface area contributed by atoms with Gasteiger partial charge in [-0.25, -0.2) is 0 Å². The highest BCUT2D eigenvalue weighted by Gasteiger charge is 2.18.